The molecule has 2 amide bonds. The highest BCUT2D eigenvalue weighted by Gasteiger charge is 2.12. The first-order chi connectivity index (χ1) is 14.2. The molecular weight excluding hydrogens is 456 g/mol. The van der Waals surface area contributed by atoms with Gasteiger partial charge in [-0.2, -0.15) is 5.10 Å². The average molecular weight is 477 g/mol. The molecule has 0 fully saturated rings. The molecule has 2 rings (SSSR count). The number of hydrazone groups is 1. The van der Waals surface area contributed by atoms with Crippen molar-refractivity contribution in [2.75, 3.05) is 11.9 Å². The summed E-state index contributed by atoms with van der Waals surface area (Å²) < 4.78 is 6.37. The number of ether oxygens (including phenoxy) is 1. The van der Waals surface area contributed by atoms with E-state index in [1.807, 2.05) is 19.1 Å². The van der Waals surface area contributed by atoms with Crippen molar-refractivity contribution in [2.45, 2.75) is 27.2 Å². The normalized spacial score (nSPS) is 11.0. The number of nitrogens with zero attached hydrogens (tertiary/aromatic N) is 2. The fourth-order valence-corrected chi connectivity index (χ4v) is 2.91. The van der Waals surface area contributed by atoms with Crippen LogP contribution in [0.3, 0.4) is 0 Å². The number of aryl methyl sites for hydroxylation is 2. The van der Waals surface area contributed by atoms with Gasteiger partial charge in [0.15, 0.2) is 6.61 Å². The van der Waals surface area contributed by atoms with Crippen LogP contribution in [0.5, 0.6) is 5.75 Å². The van der Waals surface area contributed by atoms with Gasteiger partial charge in [-0.25, -0.2) is 5.43 Å². The van der Waals surface area contributed by atoms with Crippen LogP contribution in [-0.2, 0) is 9.59 Å². The summed E-state index contributed by atoms with van der Waals surface area (Å²) in [7, 11) is 0. The Labute approximate surface area is 181 Å². The molecule has 0 saturated heterocycles. The number of nitrogens with one attached hydrogen (secondary N) is 2. The van der Waals surface area contributed by atoms with Crippen LogP contribution in [0.1, 0.15) is 24.5 Å². The highest BCUT2D eigenvalue weighted by molar-refractivity contribution is 9.10. The van der Waals surface area contributed by atoms with Gasteiger partial charge >= 0.3 is 0 Å². The van der Waals surface area contributed by atoms with Crippen molar-refractivity contribution >= 4 is 44.8 Å². The molecular formula is C20H21BrN4O5. The standard InChI is InChI=1S/C20H21BrN4O5/c1-12-4-6-16(25(28)29)10-17(12)22-19(26)9-14(3)23-24-20(27)11-30-18-7-5-15(21)8-13(18)2/h4-8,10H,9,11H2,1-3H3,(H,22,26)(H,24,27)/b23-14+. The molecule has 0 saturated carbocycles. The first-order valence-electron chi connectivity index (χ1n) is 8.91. The van der Waals surface area contributed by atoms with Crippen molar-refractivity contribution in [1.82, 2.24) is 5.43 Å². The van der Waals surface area contributed by atoms with Crippen molar-refractivity contribution < 1.29 is 19.2 Å². The Hall–Kier alpha value is -3.27. The van der Waals surface area contributed by atoms with Gasteiger partial charge in [-0.3, -0.25) is 19.7 Å². The summed E-state index contributed by atoms with van der Waals surface area (Å²) in [4.78, 5) is 34.4. The lowest BCUT2D eigenvalue weighted by Crippen LogP contribution is -2.26. The lowest BCUT2D eigenvalue weighted by Gasteiger charge is -2.09. The number of non-ortho nitro benzene ring substituents is 1. The number of nitro benzene ring substituents is 1. The van der Waals surface area contributed by atoms with Crippen LogP contribution in [0.25, 0.3) is 0 Å². The Bertz CT molecular complexity index is 1010. The second-order valence-electron chi connectivity index (χ2n) is 6.56. The van der Waals surface area contributed by atoms with Crippen LogP contribution in [0.4, 0.5) is 11.4 Å². The Balaban J connectivity index is 1.85. The van der Waals surface area contributed by atoms with E-state index in [9.17, 15) is 19.7 Å². The van der Waals surface area contributed by atoms with Gasteiger partial charge in [0, 0.05) is 22.3 Å². The number of anilines is 1. The predicted molar refractivity (Wildman–Crippen MR) is 117 cm³/mol. The number of carbonyl (C=O) groups is 2. The molecule has 158 valence electrons. The van der Waals surface area contributed by atoms with E-state index < -0.39 is 16.7 Å². The summed E-state index contributed by atoms with van der Waals surface area (Å²) in [5.41, 5.74) is 4.50. The topological polar surface area (TPSA) is 123 Å². The second kappa shape index (κ2) is 10.5. The molecule has 0 heterocycles. The Morgan fingerprint density at radius 2 is 1.87 bits per heavy atom. The number of amides is 2. The van der Waals surface area contributed by atoms with Gasteiger partial charge in [0.25, 0.3) is 11.6 Å². The molecule has 10 heteroatoms. The molecule has 2 aromatic rings. The first-order valence-corrected chi connectivity index (χ1v) is 9.71. The first kappa shape index (κ1) is 23.0. The lowest BCUT2D eigenvalue weighted by molar-refractivity contribution is -0.384. The van der Waals surface area contributed by atoms with Crippen molar-refractivity contribution in [3.63, 3.8) is 0 Å². The van der Waals surface area contributed by atoms with Crippen LogP contribution in [-0.4, -0.2) is 29.1 Å². The Kier molecular flexibility index (Phi) is 8.05. The molecule has 2 aromatic carbocycles. The third kappa shape index (κ3) is 6.96. The fourth-order valence-electron chi connectivity index (χ4n) is 2.43. The van der Waals surface area contributed by atoms with Crippen LogP contribution >= 0.6 is 15.9 Å². The molecule has 2 N–H and O–H groups in total. The summed E-state index contributed by atoms with van der Waals surface area (Å²) in [5, 5.41) is 17.4. The zero-order valence-electron chi connectivity index (χ0n) is 16.7. The summed E-state index contributed by atoms with van der Waals surface area (Å²) >= 11 is 3.36. The summed E-state index contributed by atoms with van der Waals surface area (Å²) in [6, 6.07) is 9.65. The zero-order valence-corrected chi connectivity index (χ0v) is 18.3. The van der Waals surface area contributed by atoms with Gasteiger partial charge < -0.3 is 10.1 Å². The third-order valence-electron chi connectivity index (χ3n) is 3.99. The highest BCUT2D eigenvalue weighted by Crippen LogP contribution is 2.23. The summed E-state index contributed by atoms with van der Waals surface area (Å²) in [6.07, 6.45) is -0.0882. The largest absolute Gasteiger partial charge is 0.483 e. The van der Waals surface area contributed by atoms with E-state index in [1.54, 1.807) is 26.0 Å². The molecule has 30 heavy (non-hydrogen) atoms. The molecule has 0 spiro atoms. The summed E-state index contributed by atoms with van der Waals surface area (Å²) in [6.45, 7) is 4.95. The average Bonchev–Trinajstić information content (AvgIpc) is 2.67. The minimum absolute atomic E-state index is 0.0882. The Morgan fingerprint density at radius 1 is 1.13 bits per heavy atom. The van der Waals surface area contributed by atoms with Crippen LogP contribution < -0.4 is 15.5 Å². The molecule has 0 aliphatic heterocycles. The molecule has 0 atom stereocenters. The van der Waals surface area contributed by atoms with Gasteiger partial charge in [0.2, 0.25) is 5.91 Å². The van der Waals surface area contributed by atoms with Gasteiger partial charge in [-0.1, -0.05) is 22.0 Å². The molecule has 0 aliphatic carbocycles. The fraction of sp³-hybridized carbons (Fsp3) is 0.250. The van der Waals surface area contributed by atoms with Crippen molar-refractivity contribution in [2.24, 2.45) is 5.10 Å². The molecule has 0 aliphatic rings. The van der Waals surface area contributed by atoms with Crippen molar-refractivity contribution in [3.8, 4) is 5.75 Å². The van der Waals surface area contributed by atoms with Crippen molar-refractivity contribution in [1.29, 1.82) is 0 Å². The Morgan fingerprint density at radius 3 is 2.53 bits per heavy atom. The molecule has 0 bridgehead atoms. The number of nitro groups is 1. The lowest BCUT2D eigenvalue weighted by atomic mass is 10.1. The maximum absolute atomic E-state index is 12.2. The minimum atomic E-state index is -0.533. The number of hydrogen-bond donors (Lipinski definition) is 2. The van der Waals surface area contributed by atoms with E-state index in [-0.39, 0.29) is 18.7 Å². The SMILES string of the molecule is C/C(CC(=O)Nc1cc([N+](=O)[O-])ccc1C)=N\NC(=O)COc1ccc(Br)cc1C. The third-order valence-corrected chi connectivity index (χ3v) is 4.48. The zero-order chi connectivity index (χ0) is 22.3. The maximum atomic E-state index is 12.2. The van der Waals surface area contributed by atoms with E-state index in [1.165, 1.54) is 12.1 Å². The quantitative estimate of drug-likeness (QED) is 0.340. The number of rotatable bonds is 8. The van der Waals surface area contributed by atoms with Crippen LogP contribution in [0, 0.1) is 24.0 Å². The summed E-state index contributed by atoms with van der Waals surface area (Å²) in [5.74, 6) is -0.289. The van der Waals surface area contributed by atoms with Gasteiger partial charge in [0.1, 0.15) is 5.75 Å². The smallest absolute Gasteiger partial charge is 0.277 e. The molecule has 0 unspecified atom stereocenters. The number of hydrogen-bond acceptors (Lipinski definition) is 6. The van der Waals surface area contributed by atoms with E-state index >= 15 is 0 Å². The molecule has 0 radical (unpaired) electrons. The van der Waals surface area contributed by atoms with Crippen molar-refractivity contribution in [3.05, 3.63) is 62.1 Å². The van der Waals surface area contributed by atoms with E-state index in [2.05, 4.69) is 31.8 Å². The monoisotopic (exact) mass is 476 g/mol. The number of carbonyl (C=O) groups excluding carboxylic acids is 2. The predicted octanol–water partition coefficient (Wildman–Crippen LogP) is 3.87. The second-order valence-corrected chi connectivity index (χ2v) is 7.48. The van der Waals surface area contributed by atoms with Gasteiger partial charge in [-0.15, -0.1) is 0 Å². The van der Waals surface area contributed by atoms with Gasteiger partial charge in [-0.05, 0) is 50.1 Å². The van der Waals surface area contributed by atoms with E-state index in [0.717, 1.165) is 10.0 Å². The van der Waals surface area contributed by atoms with Crippen LogP contribution in [0.2, 0.25) is 0 Å². The van der Waals surface area contributed by atoms with E-state index in [4.69, 9.17) is 4.74 Å². The number of benzene rings is 2. The molecule has 0 aromatic heterocycles. The molecule has 9 nitrogen and oxygen atoms in total. The number of halogens is 1. The maximum Gasteiger partial charge on any atom is 0.277 e. The minimum Gasteiger partial charge on any atom is -0.483 e. The van der Waals surface area contributed by atoms with Crippen LogP contribution in [0.15, 0.2) is 46.0 Å². The highest BCUT2D eigenvalue weighted by atomic mass is 79.9. The van der Waals surface area contributed by atoms with Gasteiger partial charge in [0.05, 0.1) is 17.0 Å². The van der Waals surface area contributed by atoms with E-state index in [0.29, 0.717) is 22.7 Å².